The molecule has 0 aliphatic carbocycles. The first-order chi connectivity index (χ1) is 6.81. The Labute approximate surface area is 92.4 Å². The first kappa shape index (κ1) is 10.1. The molecule has 1 aliphatic rings. The number of nitrogens with zero attached hydrogens (tertiary/aromatic N) is 2. The molecule has 14 heavy (non-hydrogen) atoms. The first-order valence-corrected chi connectivity index (χ1v) is 5.65. The molecule has 2 N–H and O–H groups in total. The van der Waals surface area contributed by atoms with E-state index in [9.17, 15) is 0 Å². The van der Waals surface area contributed by atoms with E-state index in [4.69, 9.17) is 5.73 Å². The van der Waals surface area contributed by atoms with Gasteiger partial charge in [-0.2, -0.15) is 0 Å². The van der Waals surface area contributed by atoms with Crippen LogP contribution in [0.25, 0.3) is 0 Å². The van der Waals surface area contributed by atoms with Crippen LogP contribution in [0.2, 0.25) is 0 Å². The van der Waals surface area contributed by atoms with Crippen molar-refractivity contribution in [1.29, 1.82) is 0 Å². The van der Waals surface area contributed by atoms with Gasteiger partial charge in [0.15, 0.2) is 0 Å². The van der Waals surface area contributed by atoms with Crippen molar-refractivity contribution in [1.82, 2.24) is 9.88 Å². The lowest BCUT2D eigenvalue weighted by Crippen LogP contribution is -2.43. The molecule has 0 aromatic carbocycles. The second-order valence-corrected chi connectivity index (χ2v) is 4.49. The van der Waals surface area contributed by atoms with Gasteiger partial charge in [-0.05, 0) is 34.0 Å². The molecule has 1 aromatic rings. The third-order valence-electron chi connectivity index (χ3n) is 2.67. The first-order valence-electron chi connectivity index (χ1n) is 4.86. The zero-order valence-electron chi connectivity index (χ0n) is 7.99. The molecule has 1 fully saturated rings. The van der Waals surface area contributed by atoms with E-state index in [-0.39, 0.29) is 0 Å². The molecule has 76 valence electrons. The fraction of sp³-hybridized carbons (Fsp3) is 0.500. The van der Waals surface area contributed by atoms with Crippen LogP contribution in [0.1, 0.15) is 18.0 Å². The highest BCUT2D eigenvalue weighted by Crippen LogP contribution is 2.25. The van der Waals surface area contributed by atoms with E-state index in [0.717, 1.165) is 17.6 Å². The molecule has 1 saturated heterocycles. The van der Waals surface area contributed by atoms with Crippen LogP contribution in [0, 0.1) is 0 Å². The van der Waals surface area contributed by atoms with Crippen molar-refractivity contribution in [2.45, 2.75) is 12.5 Å². The minimum Gasteiger partial charge on any atom is -0.329 e. The van der Waals surface area contributed by atoms with Crippen molar-refractivity contribution >= 4 is 15.9 Å². The third-order valence-corrected chi connectivity index (χ3v) is 3.10. The predicted molar refractivity (Wildman–Crippen MR) is 59.9 cm³/mol. The van der Waals surface area contributed by atoms with Gasteiger partial charge >= 0.3 is 0 Å². The minimum atomic E-state index is 0.341. The monoisotopic (exact) mass is 255 g/mol. The van der Waals surface area contributed by atoms with Gasteiger partial charge in [0.05, 0.1) is 0 Å². The average molecular weight is 256 g/mol. The molecular weight excluding hydrogens is 242 g/mol. The third kappa shape index (κ3) is 1.97. The number of halogens is 1. The summed E-state index contributed by atoms with van der Waals surface area (Å²) < 4.78 is 1.02. The smallest absolute Gasteiger partial charge is 0.0486 e. The van der Waals surface area contributed by atoms with E-state index in [2.05, 4.69) is 31.9 Å². The maximum Gasteiger partial charge on any atom is 0.0486 e. The topological polar surface area (TPSA) is 42.1 Å². The van der Waals surface area contributed by atoms with Gasteiger partial charge in [0.1, 0.15) is 0 Å². The molecule has 0 bridgehead atoms. The van der Waals surface area contributed by atoms with Crippen LogP contribution < -0.4 is 5.73 Å². The van der Waals surface area contributed by atoms with Gasteiger partial charge in [0, 0.05) is 42.5 Å². The summed E-state index contributed by atoms with van der Waals surface area (Å²) in [6, 6.07) is 2.44. The Morgan fingerprint density at radius 3 is 2.79 bits per heavy atom. The minimum absolute atomic E-state index is 0.341. The van der Waals surface area contributed by atoms with Crippen LogP contribution in [-0.4, -0.2) is 29.5 Å². The second kappa shape index (κ2) is 4.38. The Bertz CT molecular complexity index is 312. The molecule has 0 amide bonds. The summed E-state index contributed by atoms with van der Waals surface area (Å²) in [7, 11) is 0. The van der Waals surface area contributed by atoms with E-state index in [1.165, 1.54) is 12.0 Å². The van der Waals surface area contributed by atoms with E-state index in [1.807, 2.05) is 6.20 Å². The molecule has 1 aliphatic heterocycles. The van der Waals surface area contributed by atoms with Crippen LogP contribution in [0.4, 0.5) is 0 Å². The summed E-state index contributed by atoms with van der Waals surface area (Å²) in [5.74, 6) is 0. The lowest BCUT2D eigenvalue weighted by Gasteiger charge is -2.37. The van der Waals surface area contributed by atoms with Crippen molar-refractivity contribution < 1.29 is 0 Å². The van der Waals surface area contributed by atoms with Crippen molar-refractivity contribution in [3.8, 4) is 0 Å². The van der Waals surface area contributed by atoms with Crippen LogP contribution in [0.5, 0.6) is 0 Å². The molecule has 4 heteroatoms. The lowest BCUT2D eigenvalue weighted by atomic mass is 10.0. The summed E-state index contributed by atoms with van der Waals surface area (Å²) in [6.07, 6.45) is 4.99. The van der Waals surface area contributed by atoms with Crippen molar-refractivity contribution in [3.63, 3.8) is 0 Å². The van der Waals surface area contributed by atoms with Gasteiger partial charge in [-0.3, -0.25) is 9.88 Å². The largest absolute Gasteiger partial charge is 0.329 e. The summed E-state index contributed by atoms with van der Waals surface area (Å²) >= 11 is 3.43. The van der Waals surface area contributed by atoms with E-state index < -0.39 is 0 Å². The van der Waals surface area contributed by atoms with Gasteiger partial charge in [0.2, 0.25) is 0 Å². The predicted octanol–water partition coefficient (Wildman–Crippen LogP) is 1.55. The fourth-order valence-corrected chi connectivity index (χ4v) is 2.14. The highest BCUT2D eigenvalue weighted by molar-refractivity contribution is 9.10. The SMILES string of the molecule is NCC(c1cncc(Br)c1)N1CCC1. The summed E-state index contributed by atoms with van der Waals surface area (Å²) in [5, 5.41) is 0. The fourth-order valence-electron chi connectivity index (χ4n) is 1.76. The van der Waals surface area contributed by atoms with Crippen molar-refractivity contribution in [3.05, 3.63) is 28.5 Å². The maximum absolute atomic E-state index is 5.78. The van der Waals surface area contributed by atoms with Crippen LogP contribution in [0.15, 0.2) is 22.9 Å². The standard InChI is InChI=1S/C10H14BrN3/c11-9-4-8(6-13-7-9)10(5-12)14-2-1-3-14/h4,6-7,10H,1-3,5,12H2. The average Bonchev–Trinajstić information content (AvgIpc) is 2.10. The highest BCUT2D eigenvalue weighted by atomic mass is 79.9. The number of aromatic nitrogens is 1. The molecule has 2 heterocycles. The summed E-state index contributed by atoms with van der Waals surface area (Å²) in [5.41, 5.74) is 6.99. The summed E-state index contributed by atoms with van der Waals surface area (Å²) in [6.45, 7) is 2.99. The van der Waals surface area contributed by atoms with Crippen LogP contribution in [0.3, 0.4) is 0 Å². The molecule has 0 saturated carbocycles. The highest BCUT2D eigenvalue weighted by Gasteiger charge is 2.24. The normalized spacial score (nSPS) is 19.0. The van der Waals surface area contributed by atoms with Crippen LogP contribution >= 0.6 is 15.9 Å². The number of nitrogens with two attached hydrogens (primary N) is 1. The number of rotatable bonds is 3. The Balaban J connectivity index is 2.17. The number of likely N-dealkylation sites (tertiary alicyclic amines) is 1. The molecular formula is C10H14BrN3. The number of hydrogen-bond donors (Lipinski definition) is 1. The van der Waals surface area contributed by atoms with Gasteiger partial charge in [-0.25, -0.2) is 0 Å². The number of pyridine rings is 1. The molecule has 1 aromatic heterocycles. The quantitative estimate of drug-likeness (QED) is 0.892. The van der Waals surface area contributed by atoms with Crippen molar-refractivity contribution in [2.24, 2.45) is 5.73 Å². The zero-order chi connectivity index (χ0) is 9.97. The molecule has 0 spiro atoms. The maximum atomic E-state index is 5.78. The molecule has 3 nitrogen and oxygen atoms in total. The Morgan fingerprint density at radius 2 is 2.29 bits per heavy atom. The molecule has 1 unspecified atom stereocenters. The Morgan fingerprint density at radius 1 is 1.50 bits per heavy atom. The second-order valence-electron chi connectivity index (χ2n) is 3.58. The molecule has 2 rings (SSSR count). The van der Waals surface area contributed by atoms with E-state index >= 15 is 0 Å². The lowest BCUT2D eigenvalue weighted by molar-refractivity contribution is 0.122. The van der Waals surface area contributed by atoms with Gasteiger partial charge in [-0.1, -0.05) is 0 Å². The summed E-state index contributed by atoms with van der Waals surface area (Å²) in [4.78, 5) is 6.56. The zero-order valence-corrected chi connectivity index (χ0v) is 9.57. The Hall–Kier alpha value is -0.450. The van der Waals surface area contributed by atoms with Gasteiger partial charge in [-0.15, -0.1) is 0 Å². The van der Waals surface area contributed by atoms with E-state index in [1.54, 1.807) is 6.20 Å². The van der Waals surface area contributed by atoms with E-state index in [0.29, 0.717) is 12.6 Å². The molecule has 0 radical (unpaired) electrons. The Kier molecular flexibility index (Phi) is 3.15. The number of hydrogen-bond acceptors (Lipinski definition) is 3. The van der Waals surface area contributed by atoms with Gasteiger partial charge in [0.25, 0.3) is 0 Å². The van der Waals surface area contributed by atoms with Crippen LogP contribution in [-0.2, 0) is 0 Å². The van der Waals surface area contributed by atoms with Gasteiger partial charge < -0.3 is 5.73 Å². The molecule has 1 atom stereocenters. The van der Waals surface area contributed by atoms with Crippen molar-refractivity contribution in [2.75, 3.05) is 19.6 Å².